The van der Waals surface area contributed by atoms with Crippen molar-refractivity contribution >= 4 is 27.0 Å². The zero-order valence-corrected chi connectivity index (χ0v) is 16.6. The van der Waals surface area contributed by atoms with Crippen LogP contribution >= 0.6 is 0 Å². The molecule has 1 saturated carbocycles. The normalized spacial score (nSPS) is 14.7. The lowest BCUT2D eigenvalue weighted by atomic mass is 10.3. The maximum Gasteiger partial charge on any atom is 0.263 e. The molecule has 0 unspecified atom stereocenters. The monoisotopic (exact) mass is 395 g/mol. The van der Waals surface area contributed by atoms with Gasteiger partial charge in [0.1, 0.15) is 11.0 Å². The van der Waals surface area contributed by atoms with Crippen molar-refractivity contribution in [1.29, 1.82) is 0 Å². The summed E-state index contributed by atoms with van der Waals surface area (Å²) in [6, 6.07) is 4.49. The van der Waals surface area contributed by atoms with Gasteiger partial charge in [0.15, 0.2) is 6.61 Å². The van der Waals surface area contributed by atoms with Crippen LogP contribution in [0.5, 0.6) is 0 Å². The van der Waals surface area contributed by atoms with Crippen LogP contribution in [0.3, 0.4) is 0 Å². The molecule has 0 radical (unpaired) electrons. The van der Waals surface area contributed by atoms with E-state index >= 15 is 0 Å². The van der Waals surface area contributed by atoms with Crippen molar-refractivity contribution in [2.75, 3.05) is 33.8 Å². The van der Waals surface area contributed by atoms with Crippen molar-refractivity contribution < 1.29 is 18.0 Å². The smallest absolute Gasteiger partial charge is 0.263 e. The van der Waals surface area contributed by atoms with Crippen LogP contribution in [0.2, 0.25) is 0 Å². The number of benzene rings is 1. The van der Waals surface area contributed by atoms with Crippen LogP contribution in [0.1, 0.15) is 26.2 Å². The lowest BCUT2D eigenvalue weighted by Crippen LogP contribution is -2.38. The number of fused-ring (bicyclic) bond motifs is 1. The van der Waals surface area contributed by atoms with Gasteiger partial charge in [0.2, 0.25) is 10.0 Å². The summed E-state index contributed by atoms with van der Waals surface area (Å²) in [4.78, 5) is 21.0. The van der Waals surface area contributed by atoms with Gasteiger partial charge in [-0.2, -0.15) is 0 Å². The fourth-order valence-electron chi connectivity index (χ4n) is 2.75. The molecule has 2 aromatic rings. The average molecular weight is 395 g/mol. The molecule has 1 amide bonds. The Morgan fingerprint density at radius 3 is 2.70 bits per heavy atom. The molecule has 1 fully saturated rings. The first-order chi connectivity index (χ1) is 12.8. The predicted octanol–water partition coefficient (Wildman–Crippen LogP) is 0.759. The SMILES string of the molecule is CCCN(CC1CC1)C(=O)COn1nnc2ccc(S(=O)(=O)N(C)C)cc21. The van der Waals surface area contributed by atoms with E-state index in [1.165, 1.54) is 39.1 Å². The number of hydrogen-bond acceptors (Lipinski definition) is 6. The van der Waals surface area contributed by atoms with E-state index in [0.717, 1.165) is 22.1 Å². The van der Waals surface area contributed by atoms with Crippen LogP contribution < -0.4 is 4.84 Å². The molecule has 148 valence electrons. The average Bonchev–Trinajstić information content (AvgIpc) is 3.36. The Bertz CT molecular complexity index is 921. The fraction of sp³-hybridized carbons (Fsp3) is 0.588. The summed E-state index contributed by atoms with van der Waals surface area (Å²) in [5, 5.41) is 7.84. The third-order valence-electron chi connectivity index (χ3n) is 4.50. The summed E-state index contributed by atoms with van der Waals surface area (Å²) in [7, 11) is -0.658. The quantitative estimate of drug-likeness (QED) is 0.622. The highest BCUT2D eigenvalue weighted by molar-refractivity contribution is 7.89. The van der Waals surface area contributed by atoms with Gasteiger partial charge >= 0.3 is 0 Å². The minimum atomic E-state index is -3.59. The van der Waals surface area contributed by atoms with Crippen LogP contribution in [-0.2, 0) is 14.8 Å². The van der Waals surface area contributed by atoms with E-state index < -0.39 is 10.0 Å². The maximum atomic E-state index is 12.5. The van der Waals surface area contributed by atoms with Crippen molar-refractivity contribution in [3.63, 3.8) is 0 Å². The van der Waals surface area contributed by atoms with E-state index in [1.54, 1.807) is 6.07 Å². The van der Waals surface area contributed by atoms with Crippen molar-refractivity contribution in [2.24, 2.45) is 5.92 Å². The highest BCUT2D eigenvalue weighted by Gasteiger charge is 2.27. The van der Waals surface area contributed by atoms with Gasteiger partial charge in [0.05, 0.1) is 4.90 Å². The summed E-state index contributed by atoms with van der Waals surface area (Å²) < 4.78 is 25.8. The first-order valence-electron chi connectivity index (χ1n) is 9.02. The number of carbonyl (C=O) groups excluding carboxylic acids is 1. The predicted molar refractivity (Wildman–Crippen MR) is 99.4 cm³/mol. The van der Waals surface area contributed by atoms with Crippen LogP contribution in [0.4, 0.5) is 0 Å². The minimum absolute atomic E-state index is 0.107. The summed E-state index contributed by atoms with van der Waals surface area (Å²) in [6.45, 7) is 3.32. The van der Waals surface area contributed by atoms with Crippen LogP contribution in [-0.4, -0.2) is 72.5 Å². The lowest BCUT2D eigenvalue weighted by molar-refractivity contribution is -0.137. The molecule has 0 aliphatic heterocycles. The van der Waals surface area contributed by atoms with E-state index in [9.17, 15) is 13.2 Å². The van der Waals surface area contributed by atoms with Gasteiger partial charge in [0.25, 0.3) is 5.91 Å². The highest BCUT2D eigenvalue weighted by Crippen LogP contribution is 2.29. The Kier molecular flexibility index (Phi) is 5.66. The molecular weight excluding hydrogens is 370 g/mol. The van der Waals surface area contributed by atoms with Gasteiger partial charge in [0, 0.05) is 27.2 Å². The third-order valence-corrected chi connectivity index (χ3v) is 6.31. The first kappa shape index (κ1) is 19.6. The van der Waals surface area contributed by atoms with E-state index in [0.29, 0.717) is 23.5 Å². The molecule has 0 spiro atoms. The second-order valence-corrected chi connectivity index (χ2v) is 9.11. The Morgan fingerprint density at radius 2 is 2.07 bits per heavy atom. The van der Waals surface area contributed by atoms with Gasteiger partial charge in [-0.1, -0.05) is 11.8 Å². The van der Waals surface area contributed by atoms with Crippen molar-refractivity contribution in [2.45, 2.75) is 31.1 Å². The summed E-state index contributed by atoms with van der Waals surface area (Å²) in [5.41, 5.74) is 0.888. The lowest BCUT2D eigenvalue weighted by Gasteiger charge is -2.21. The summed E-state index contributed by atoms with van der Waals surface area (Å²) in [6.07, 6.45) is 3.23. The second kappa shape index (κ2) is 7.81. The topological polar surface area (TPSA) is 97.6 Å². The molecule has 10 heteroatoms. The number of sulfonamides is 1. The molecule has 27 heavy (non-hydrogen) atoms. The van der Waals surface area contributed by atoms with Gasteiger partial charge < -0.3 is 9.74 Å². The molecule has 0 bridgehead atoms. The van der Waals surface area contributed by atoms with Crippen LogP contribution in [0, 0.1) is 5.92 Å². The van der Waals surface area contributed by atoms with E-state index in [-0.39, 0.29) is 17.4 Å². The summed E-state index contributed by atoms with van der Waals surface area (Å²) in [5.74, 6) is 0.496. The largest absolute Gasteiger partial charge is 0.385 e. The van der Waals surface area contributed by atoms with E-state index in [1.807, 2.05) is 11.8 Å². The zero-order chi connectivity index (χ0) is 19.6. The molecule has 0 atom stereocenters. The number of hydrogen-bond donors (Lipinski definition) is 0. The zero-order valence-electron chi connectivity index (χ0n) is 15.8. The van der Waals surface area contributed by atoms with Crippen molar-refractivity contribution in [1.82, 2.24) is 24.4 Å². The Balaban J connectivity index is 1.75. The van der Waals surface area contributed by atoms with Gasteiger partial charge in [-0.25, -0.2) is 12.7 Å². The van der Waals surface area contributed by atoms with Crippen LogP contribution in [0.15, 0.2) is 23.1 Å². The van der Waals surface area contributed by atoms with E-state index in [2.05, 4.69) is 10.3 Å². The maximum absolute atomic E-state index is 12.5. The molecule has 0 N–H and O–H groups in total. The second-order valence-electron chi connectivity index (χ2n) is 6.96. The number of rotatable bonds is 9. The molecule has 3 rings (SSSR count). The molecule has 1 aromatic carbocycles. The molecule has 1 aromatic heterocycles. The molecule has 1 heterocycles. The Hall–Kier alpha value is -2.20. The van der Waals surface area contributed by atoms with E-state index in [4.69, 9.17) is 4.84 Å². The van der Waals surface area contributed by atoms with Gasteiger partial charge in [-0.05, 0) is 48.6 Å². The molecule has 9 nitrogen and oxygen atoms in total. The number of carbonyl (C=O) groups is 1. The standard InChI is InChI=1S/C17H25N5O4S/c1-4-9-21(11-13-5-6-13)17(23)12-26-22-16-10-14(27(24,25)20(2)3)7-8-15(16)18-19-22/h7-8,10,13H,4-6,9,11-12H2,1-3H3. The van der Waals surface area contributed by atoms with Gasteiger partial charge in [-0.15, -0.1) is 5.10 Å². The molecular formula is C17H25N5O4S. The molecule has 1 aliphatic carbocycles. The number of nitrogens with zero attached hydrogens (tertiary/aromatic N) is 5. The third kappa shape index (κ3) is 4.38. The number of aromatic nitrogens is 3. The summed E-state index contributed by atoms with van der Waals surface area (Å²) >= 11 is 0. The van der Waals surface area contributed by atoms with Crippen molar-refractivity contribution in [3.05, 3.63) is 18.2 Å². The number of amides is 1. The molecule has 1 aliphatic rings. The minimum Gasteiger partial charge on any atom is -0.385 e. The highest BCUT2D eigenvalue weighted by atomic mass is 32.2. The van der Waals surface area contributed by atoms with Gasteiger partial charge in [-0.3, -0.25) is 4.79 Å². The first-order valence-corrected chi connectivity index (χ1v) is 10.5. The Labute approximate surface area is 158 Å². The van der Waals surface area contributed by atoms with Crippen molar-refractivity contribution in [3.8, 4) is 0 Å². The fourth-order valence-corrected chi connectivity index (χ4v) is 3.67. The van der Waals surface area contributed by atoms with Crippen LogP contribution in [0.25, 0.3) is 11.0 Å². The Morgan fingerprint density at radius 1 is 1.33 bits per heavy atom. The molecule has 0 saturated heterocycles.